The Balaban J connectivity index is 1.53. The van der Waals surface area contributed by atoms with Gasteiger partial charge in [0.05, 0.1) is 5.56 Å². The third kappa shape index (κ3) is 4.19. The van der Waals surface area contributed by atoms with Gasteiger partial charge in [0.15, 0.2) is 0 Å². The summed E-state index contributed by atoms with van der Waals surface area (Å²) in [5.41, 5.74) is 7.28. The summed E-state index contributed by atoms with van der Waals surface area (Å²) >= 11 is 0. The minimum atomic E-state index is -4.34. The number of hydrogen-bond donors (Lipinski definition) is 2. The van der Waals surface area contributed by atoms with Crippen molar-refractivity contribution in [1.29, 1.82) is 0 Å². The van der Waals surface area contributed by atoms with Crippen molar-refractivity contribution in [2.75, 3.05) is 0 Å². The van der Waals surface area contributed by atoms with E-state index < -0.39 is 11.7 Å². The van der Waals surface area contributed by atoms with E-state index in [-0.39, 0.29) is 18.0 Å². The Morgan fingerprint density at radius 1 is 0.889 bits per heavy atom. The molecule has 0 aliphatic heterocycles. The van der Waals surface area contributed by atoms with Crippen LogP contribution in [-0.4, -0.2) is 18.1 Å². The van der Waals surface area contributed by atoms with Gasteiger partial charge in [0.25, 0.3) is 0 Å². The van der Waals surface area contributed by atoms with Crippen LogP contribution in [0.1, 0.15) is 49.1 Å². The van der Waals surface area contributed by atoms with Gasteiger partial charge < -0.3 is 11.1 Å². The van der Waals surface area contributed by atoms with E-state index in [0.717, 1.165) is 37.7 Å². The summed E-state index contributed by atoms with van der Waals surface area (Å²) in [6.45, 7) is 0. The summed E-state index contributed by atoms with van der Waals surface area (Å²) in [5, 5.41) is 3.56. The van der Waals surface area contributed by atoms with Crippen LogP contribution in [0, 0.1) is 0 Å². The maximum Gasteiger partial charge on any atom is 0.416 e. The number of alkyl halides is 3. The molecule has 2 nitrogen and oxygen atoms in total. The monoisotopic (exact) mass is 374 g/mol. The second-order valence-electron chi connectivity index (χ2n) is 7.89. The normalized spacial score (nSPS) is 28.1. The average Bonchev–Trinajstić information content (AvgIpc) is 3.42. The fourth-order valence-electron chi connectivity index (χ4n) is 4.25. The van der Waals surface area contributed by atoms with Gasteiger partial charge >= 0.3 is 6.18 Å². The van der Waals surface area contributed by atoms with Gasteiger partial charge in [-0.15, -0.1) is 0 Å². The van der Waals surface area contributed by atoms with Crippen molar-refractivity contribution in [3.63, 3.8) is 0 Å². The molecule has 0 bridgehead atoms. The van der Waals surface area contributed by atoms with Gasteiger partial charge in [0, 0.05) is 24.0 Å². The molecule has 2 fully saturated rings. The lowest BCUT2D eigenvalue weighted by molar-refractivity contribution is -0.138. The zero-order chi connectivity index (χ0) is 19.0. The van der Waals surface area contributed by atoms with Crippen LogP contribution in [0.2, 0.25) is 0 Å². The van der Waals surface area contributed by atoms with Crippen molar-refractivity contribution in [2.24, 2.45) is 5.73 Å². The van der Waals surface area contributed by atoms with E-state index in [1.54, 1.807) is 6.07 Å². The zero-order valence-electron chi connectivity index (χ0n) is 15.2. The van der Waals surface area contributed by atoms with Crippen LogP contribution >= 0.6 is 0 Å². The zero-order valence-corrected chi connectivity index (χ0v) is 15.2. The Kier molecular flexibility index (Phi) is 4.99. The molecule has 0 spiro atoms. The molecule has 27 heavy (non-hydrogen) atoms. The van der Waals surface area contributed by atoms with Crippen LogP contribution in [0.25, 0.3) is 11.1 Å². The number of nitrogens with one attached hydrogen (secondary N) is 1. The number of benzene rings is 2. The fraction of sp³-hybridized carbons (Fsp3) is 0.455. The second kappa shape index (κ2) is 7.28. The number of rotatable bonds is 4. The number of hydrogen-bond acceptors (Lipinski definition) is 2. The molecule has 0 radical (unpaired) electrons. The van der Waals surface area contributed by atoms with Gasteiger partial charge in [-0.3, -0.25) is 0 Å². The second-order valence-corrected chi connectivity index (χ2v) is 7.89. The van der Waals surface area contributed by atoms with Gasteiger partial charge in [-0.1, -0.05) is 42.5 Å². The summed E-state index contributed by atoms with van der Waals surface area (Å²) in [6.07, 6.45) is 0.456. The summed E-state index contributed by atoms with van der Waals surface area (Å²) < 4.78 is 41.2. The lowest BCUT2D eigenvalue weighted by atomic mass is 9.91. The van der Waals surface area contributed by atoms with Gasteiger partial charge in [0.1, 0.15) is 0 Å². The Bertz CT molecular complexity index is 780. The van der Waals surface area contributed by atoms with Gasteiger partial charge in [0.2, 0.25) is 0 Å². The molecule has 0 saturated heterocycles. The lowest BCUT2D eigenvalue weighted by Crippen LogP contribution is -2.38. The van der Waals surface area contributed by atoms with Crippen molar-refractivity contribution in [1.82, 2.24) is 5.32 Å². The first-order chi connectivity index (χ1) is 12.9. The molecule has 3 N–H and O–H groups in total. The summed E-state index contributed by atoms with van der Waals surface area (Å²) in [6, 6.07) is 14.8. The predicted molar refractivity (Wildman–Crippen MR) is 101 cm³/mol. The van der Waals surface area contributed by atoms with E-state index >= 15 is 0 Å². The van der Waals surface area contributed by atoms with Gasteiger partial charge in [-0.2, -0.15) is 13.2 Å². The first-order valence-corrected chi connectivity index (χ1v) is 9.70. The Hall–Kier alpha value is -1.85. The standard InChI is InChI=1S/C22H25F3N2/c23-22(24,25)20-12-15(14-4-2-1-3-5-14)6-11-18(20)19-13-21(19)27-17-9-7-16(26)8-10-17/h1-6,11-12,16-17,19,21,27H,7-10,13,26H2/t16?,17?,19-,21+/m0/s1. The van der Waals surface area contributed by atoms with Crippen molar-refractivity contribution in [3.05, 3.63) is 59.7 Å². The Morgan fingerprint density at radius 2 is 1.59 bits per heavy atom. The van der Waals surface area contributed by atoms with Crippen molar-refractivity contribution in [3.8, 4) is 11.1 Å². The van der Waals surface area contributed by atoms with E-state index in [9.17, 15) is 13.2 Å². The van der Waals surface area contributed by atoms with Crippen LogP contribution in [0.3, 0.4) is 0 Å². The maximum atomic E-state index is 13.7. The van der Waals surface area contributed by atoms with Crippen molar-refractivity contribution < 1.29 is 13.2 Å². The largest absolute Gasteiger partial charge is 0.416 e. The van der Waals surface area contributed by atoms with Crippen LogP contribution in [-0.2, 0) is 6.18 Å². The van der Waals surface area contributed by atoms with Crippen molar-refractivity contribution >= 4 is 0 Å². The maximum absolute atomic E-state index is 13.7. The molecular weight excluding hydrogens is 349 g/mol. The molecule has 2 aliphatic rings. The molecule has 2 saturated carbocycles. The first kappa shape index (κ1) is 18.5. The molecule has 2 aliphatic carbocycles. The van der Waals surface area contributed by atoms with E-state index in [1.165, 1.54) is 6.07 Å². The topological polar surface area (TPSA) is 38.0 Å². The van der Waals surface area contributed by atoms with E-state index in [4.69, 9.17) is 5.73 Å². The van der Waals surface area contributed by atoms with Crippen LogP contribution in [0.15, 0.2) is 48.5 Å². The average molecular weight is 374 g/mol. The summed E-state index contributed by atoms with van der Waals surface area (Å²) in [5.74, 6) is -0.0537. The molecular formula is C22H25F3N2. The van der Waals surface area contributed by atoms with Crippen molar-refractivity contribution in [2.45, 2.75) is 62.3 Å². The Labute approximate surface area is 158 Å². The highest BCUT2D eigenvalue weighted by atomic mass is 19.4. The smallest absolute Gasteiger partial charge is 0.328 e. The summed E-state index contributed by atoms with van der Waals surface area (Å²) in [4.78, 5) is 0. The SMILES string of the molecule is NC1CCC(N[C@@H]2C[C@H]2c2ccc(-c3ccccc3)cc2C(F)(F)F)CC1. The van der Waals surface area contributed by atoms with Gasteiger partial charge in [-0.25, -0.2) is 0 Å². The first-order valence-electron chi connectivity index (χ1n) is 9.70. The molecule has 4 rings (SSSR count). The number of nitrogens with two attached hydrogens (primary N) is 1. The molecule has 0 aromatic heterocycles. The third-order valence-electron chi connectivity index (χ3n) is 5.88. The van der Waals surface area contributed by atoms with Crippen LogP contribution in [0.4, 0.5) is 13.2 Å². The molecule has 2 aromatic rings. The Morgan fingerprint density at radius 3 is 2.26 bits per heavy atom. The molecule has 0 amide bonds. The van der Waals surface area contributed by atoms with E-state index in [1.807, 2.05) is 36.4 Å². The van der Waals surface area contributed by atoms with E-state index in [0.29, 0.717) is 17.2 Å². The highest BCUT2D eigenvalue weighted by Gasteiger charge is 2.45. The predicted octanol–water partition coefficient (Wildman–Crippen LogP) is 5.09. The highest BCUT2D eigenvalue weighted by Crippen LogP contribution is 2.47. The quantitative estimate of drug-likeness (QED) is 0.782. The highest BCUT2D eigenvalue weighted by molar-refractivity contribution is 5.65. The van der Waals surface area contributed by atoms with Gasteiger partial charge in [-0.05, 0) is 54.9 Å². The molecule has 2 aromatic carbocycles. The molecule has 0 heterocycles. The summed E-state index contributed by atoms with van der Waals surface area (Å²) in [7, 11) is 0. The number of halogens is 3. The van der Waals surface area contributed by atoms with Crippen LogP contribution < -0.4 is 11.1 Å². The fourth-order valence-corrected chi connectivity index (χ4v) is 4.25. The van der Waals surface area contributed by atoms with Crippen LogP contribution in [0.5, 0.6) is 0 Å². The lowest BCUT2D eigenvalue weighted by Gasteiger charge is -2.27. The molecule has 5 heteroatoms. The third-order valence-corrected chi connectivity index (χ3v) is 5.88. The molecule has 2 atom stereocenters. The van der Waals surface area contributed by atoms with E-state index in [2.05, 4.69) is 5.32 Å². The minimum absolute atomic E-state index is 0.0537. The molecule has 0 unspecified atom stereocenters. The minimum Gasteiger partial charge on any atom is -0.328 e. The molecule has 144 valence electrons.